The summed E-state index contributed by atoms with van der Waals surface area (Å²) in [6.07, 6.45) is 5.79. The summed E-state index contributed by atoms with van der Waals surface area (Å²) >= 11 is 0. The molecule has 1 aliphatic heterocycles. The van der Waals surface area contributed by atoms with E-state index in [1.165, 1.54) is 4.90 Å². The molecule has 0 aliphatic carbocycles. The van der Waals surface area contributed by atoms with Crippen molar-refractivity contribution in [3.05, 3.63) is 24.3 Å². The molecule has 1 aliphatic rings. The Morgan fingerprint density at radius 2 is 2.12 bits per heavy atom. The zero-order chi connectivity index (χ0) is 17.7. The molecule has 1 aromatic carbocycles. The van der Waals surface area contributed by atoms with Gasteiger partial charge in [-0.05, 0) is 25.5 Å². The van der Waals surface area contributed by atoms with Crippen LogP contribution in [0.3, 0.4) is 0 Å². The van der Waals surface area contributed by atoms with Crippen LogP contribution in [0.2, 0.25) is 0 Å². The first-order chi connectivity index (χ1) is 11.4. The van der Waals surface area contributed by atoms with Gasteiger partial charge in [-0.25, -0.2) is 13.2 Å². The average molecular weight is 349 g/mol. The molecular formula is C17H23N3O3S. The molecule has 1 saturated heterocycles. The second kappa shape index (κ2) is 7.58. The van der Waals surface area contributed by atoms with Gasteiger partial charge < -0.3 is 15.1 Å². The minimum Gasteiger partial charge on any atom is -0.373 e. The third kappa shape index (κ3) is 4.20. The zero-order valence-corrected chi connectivity index (χ0v) is 14.8. The first kappa shape index (κ1) is 18.1. The second-order valence-electron chi connectivity index (χ2n) is 5.85. The minimum atomic E-state index is -3.09. The molecule has 1 N–H and O–H groups in total. The largest absolute Gasteiger partial charge is 0.373 e. The first-order valence-electron chi connectivity index (χ1n) is 7.89. The number of sulfone groups is 1. The second-order valence-corrected chi connectivity index (χ2v) is 8.08. The number of carbonyl (C=O) groups is 1. The Morgan fingerprint density at radius 1 is 1.42 bits per heavy atom. The topological polar surface area (TPSA) is 69.7 Å². The number of urea groups is 1. The monoisotopic (exact) mass is 349 g/mol. The lowest BCUT2D eigenvalue weighted by Crippen LogP contribution is -2.44. The Morgan fingerprint density at radius 3 is 2.71 bits per heavy atom. The molecular weight excluding hydrogens is 326 g/mol. The first-order valence-corrected chi connectivity index (χ1v) is 9.71. The van der Waals surface area contributed by atoms with E-state index in [9.17, 15) is 13.2 Å². The predicted octanol–water partition coefficient (Wildman–Crippen LogP) is 1.80. The van der Waals surface area contributed by atoms with Crippen LogP contribution < -0.4 is 10.2 Å². The van der Waals surface area contributed by atoms with Crippen molar-refractivity contribution in [3.63, 3.8) is 0 Å². The van der Waals surface area contributed by atoms with Crippen LogP contribution in [0.15, 0.2) is 24.3 Å². The SMILES string of the molecule is C#CCN(C(=O)Nc1ccccc1N(C)CC)[C@@H]1CCS(=O)(=O)C1. The van der Waals surface area contributed by atoms with Gasteiger partial charge in [-0.15, -0.1) is 6.42 Å². The molecule has 1 aromatic rings. The van der Waals surface area contributed by atoms with E-state index in [4.69, 9.17) is 6.42 Å². The van der Waals surface area contributed by atoms with E-state index < -0.39 is 9.84 Å². The van der Waals surface area contributed by atoms with Crippen LogP contribution in [0.5, 0.6) is 0 Å². The quantitative estimate of drug-likeness (QED) is 0.823. The van der Waals surface area contributed by atoms with Crippen LogP contribution in [0, 0.1) is 12.3 Å². The Labute approximate surface area is 143 Å². The van der Waals surface area contributed by atoms with Gasteiger partial charge >= 0.3 is 6.03 Å². The number of hydrogen-bond donors (Lipinski definition) is 1. The standard InChI is InChI=1S/C17H23N3O3S/c1-4-11-20(14-10-12-24(22,23)13-14)17(21)18-15-8-6-7-9-16(15)19(3)5-2/h1,6-9,14H,5,10-13H2,2-3H3,(H,18,21)/t14-/m1/s1. The van der Waals surface area contributed by atoms with Gasteiger partial charge in [-0.3, -0.25) is 0 Å². The fourth-order valence-corrected chi connectivity index (χ4v) is 4.49. The maximum atomic E-state index is 12.7. The highest BCUT2D eigenvalue weighted by atomic mass is 32.2. The number of rotatable bonds is 5. The van der Waals surface area contributed by atoms with E-state index >= 15 is 0 Å². The smallest absolute Gasteiger partial charge is 0.322 e. The summed E-state index contributed by atoms with van der Waals surface area (Å²) in [6.45, 7) is 2.90. The molecule has 1 fully saturated rings. The van der Waals surface area contributed by atoms with Crippen molar-refractivity contribution in [1.82, 2.24) is 4.90 Å². The molecule has 0 unspecified atom stereocenters. The van der Waals surface area contributed by atoms with E-state index in [0.29, 0.717) is 12.1 Å². The number of benzene rings is 1. The Hall–Kier alpha value is -2.20. The van der Waals surface area contributed by atoms with Crippen molar-refractivity contribution >= 4 is 27.2 Å². The number of para-hydroxylation sites is 2. The van der Waals surface area contributed by atoms with Crippen LogP contribution >= 0.6 is 0 Å². The van der Waals surface area contributed by atoms with E-state index in [0.717, 1.165) is 12.2 Å². The lowest BCUT2D eigenvalue weighted by molar-refractivity contribution is 0.202. The van der Waals surface area contributed by atoms with Gasteiger partial charge in [-0.1, -0.05) is 18.1 Å². The van der Waals surface area contributed by atoms with E-state index in [2.05, 4.69) is 11.2 Å². The molecule has 0 bridgehead atoms. The third-order valence-corrected chi connectivity index (χ3v) is 5.95. The average Bonchev–Trinajstić information content (AvgIpc) is 2.91. The van der Waals surface area contributed by atoms with E-state index in [1.807, 2.05) is 43.1 Å². The minimum absolute atomic E-state index is 0.0292. The van der Waals surface area contributed by atoms with Crippen molar-refractivity contribution in [2.45, 2.75) is 19.4 Å². The van der Waals surface area contributed by atoms with Crippen molar-refractivity contribution in [3.8, 4) is 12.3 Å². The Kier molecular flexibility index (Phi) is 5.73. The maximum Gasteiger partial charge on any atom is 0.322 e. The molecule has 2 rings (SSSR count). The summed E-state index contributed by atoms with van der Waals surface area (Å²) in [5.74, 6) is 2.52. The van der Waals surface area contributed by atoms with Crippen molar-refractivity contribution in [1.29, 1.82) is 0 Å². The summed E-state index contributed by atoms with van der Waals surface area (Å²) in [6, 6.07) is 6.74. The van der Waals surface area contributed by atoms with Crippen LogP contribution in [0.4, 0.5) is 16.2 Å². The molecule has 0 spiro atoms. The summed E-state index contributed by atoms with van der Waals surface area (Å²) in [5, 5.41) is 2.87. The number of nitrogens with zero attached hydrogens (tertiary/aromatic N) is 2. The van der Waals surface area contributed by atoms with Gasteiger partial charge in [0.05, 0.1) is 29.4 Å². The molecule has 1 heterocycles. The van der Waals surface area contributed by atoms with Crippen molar-refractivity contribution < 1.29 is 13.2 Å². The van der Waals surface area contributed by atoms with Gasteiger partial charge in [-0.2, -0.15) is 0 Å². The summed E-state index contributed by atoms with van der Waals surface area (Å²) in [7, 11) is -1.15. The van der Waals surface area contributed by atoms with Gasteiger partial charge in [0.2, 0.25) is 0 Å². The number of amides is 2. The molecule has 130 valence electrons. The van der Waals surface area contributed by atoms with E-state index in [1.54, 1.807) is 0 Å². The maximum absolute atomic E-state index is 12.7. The van der Waals surface area contributed by atoms with Crippen LogP contribution in [-0.2, 0) is 9.84 Å². The molecule has 24 heavy (non-hydrogen) atoms. The Bertz CT molecular complexity index is 740. The van der Waals surface area contributed by atoms with E-state index in [-0.39, 0.29) is 30.1 Å². The third-order valence-electron chi connectivity index (χ3n) is 4.20. The molecule has 0 radical (unpaired) electrons. The molecule has 7 heteroatoms. The summed E-state index contributed by atoms with van der Waals surface area (Å²) < 4.78 is 23.4. The molecule has 6 nitrogen and oxygen atoms in total. The number of terminal acetylenes is 1. The van der Waals surface area contributed by atoms with Crippen LogP contribution in [0.1, 0.15) is 13.3 Å². The number of hydrogen-bond acceptors (Lipinski definition) is 4. The van der Waals surface area contributed by atoms with Crippen molar-refractivity contribution in [2.24, 2.45) is 0 Å². The van der Waals surface area contributed by atoms with Crippen molar-refractivity contribution in [2.75, 3.05) is 41.9 Å². The van der Waals surface area contributed by atoms with Crippen LogP contribution in [-0.4, -0.2) is 57.0 Å². The van der Waals surface area contributed by atoms with Gasteiger partial charge in [0, 0.05) is 19.6 Å². The number of nitrogens with one attached hydrogen (secondary N) is 1. The molecule has 2 amide bonds. The summed E-state index contributed by atoms with van der Waals surface area (Å²) in [5.41, 5.74) is 1.57. The van der Waals surface area contributed by atoms with Gasteiger partial charge in [0.1, 0.15) is 0 Å². The molecule has 1 atom stereocenters. The zero-order valence-electron chi connectivity index (χ0n) is 14.0. The predicted molar refractivity (Wildman–Crippen MR) is 97.0 cm³/mol. The fourth-order valence-electron chi connectivity index (χ4n) is 2.76. The van der Waals surface area contributed by atoms with Gasteiger partial charge in [0.25, 0.3) is 0 Å². The number of anilines is 2. The highest BCUT2D eigenvalue weighted by Gasteiger charge is 2.34. The molecule has 0 aromatic heterocycles. The summed E-state index contributed by atoms with van der Waals surface area (Å²) in [4.78, 5) is 16.1. The lowest BCUT2D eigenvalue weighted by Gasteiger charge is -2.28. The Balaban J connectivity index is 2.19. The normalized spacial score (nSPS) is 18.6. The number of carbonyl (C=O) groups excluding carboxylic acids is 1. The highest BCUT2D eigenvalue weighted by molar-refractivity contribution is 7.91. The lowest BCUT2D eigenvalue weighted by atomic mass is 10.2. The fraction of sp³-hybridized carbons (Fsp3) is 0.471. The van der Waals surface area contributed by atoms with Gasteiger partial charge in [0.15, 0.2) is 9.84 Å². The van der Waals surface area contributed by atoms with Crippen LogP contribution in [0.25, 0.3) is 0 Å². The molecule has 0 saturated carbocycles. The highest BCUT2D eigenvalue weighted by Crippen LogP contribution is 2.25.